The zero-order valence-corrected chi connectivity index (χ0v) is 21.7. The normalized spacial score (nSPS) is 11.6. The van der Waals surface area contributed by atoms with Gasteiger partial charge in [-0.2, -0.15) is 0 Å². The molecule has 2 aromatic carbocycles. The Morgan fingerprint density at radius 2 is 1.71 bits per heavy atom. The number of rotatable bonds is 10. The van der Waals surface area contributed by atoms with Crippen molar-refractivity contribution in [1.29, 1.82) is 0 Å². The van der Waals surface area contributed by atoms with E-state index < -0.39 is 11.7 Å². The number of amides is 2. The number of nitrogens with zero attached hydrogens (tertiary/aromatic N) is 1. The van der Waals surface area contributed by atoms with Crippen LogP contribution in [0.1, 0.15) is 48.8 Å². The van der Waals surface area contributed by atoms with Crippen LogP contribution in [0.25, 0.3) is 10.9 Å². The summed E-state index contributed by atoms with van der Waals surface area (Å²) in [5.74, 6) is -0.119. The molecule has 2 amide bonds. The number of halogens is 1. The number of carbonyl (C=O) groups is 2. The van der Waals surface area contributed by atoms with Crippen molar-refractivity contribution in [1.82, 2.24) is 20.5 Å². The van der Waals surface area contributed by atoms with Gasteiger partial charge in [-0.1, -0.05) is 35.9 Å². The fraction of sp³-hybridized carbons (Fsp3) is 0.407. The molecule has 0 spiro atoms. The number of alkyl carbamates (subject to hydrolysis) is 1. The molecule has 0 bridgehead atoms. The summed E-state index contributed by atoms with van der Waals surface area (Å²) in [5, 5.41) is 7.32. The van der Waals surface area contributed by atoms with Gasteiger partial charge in [-0.3, -0.25) is 4.79 Å². The number of aromatic nitrogens is 1. The Kier molecular flexibility index (Phi) is 9.18. The lowest BCUT2D eigenvalue weighted by Crippen LogP contribution is -2.33. The SMILES string of the molecule is CN(CCCc1ccc(CNC(=O)OC(C)(C)C)cc1)CCNC(=O)c1cc2cc(Cl)ccc2[nH]1. The lowest BCUT2D eigenvalue weighted by atomic mass is 10.1. The van der Waals surface area contributed by atoms with Gasteiger partial charge < -0.3 is 25.3 Å². The molecule has 188 valence electrons. The molecular weight excluding hydrogens is 464 g/mol. The molecule has 0 atom stereocenters. The third kappa shape index (κ3) is 8.92. The molecule has 0 radical (unpaired) electrons. The zero-order chi connectivity index (χ0) is 25.4. The van der Waals surface area contributed by atoms with Crippen LogP contribution in [-0.4, -0.2) is 54.2 Å². The number of nitrogens with one attached hydrogen (secondary N) is 3. The first-order valence-corrected chi connectivity index (χ1v) is 12.3. The van der Waals surface area contributed by atoms with Crippen molar-refractivity contribution in [2.45, 2.75) is 45.8 Å². The lowest BCUT2D eigenvalue weighted by Gasteiger charge is -2.19. The minimum atomic E-state index is -0.501. The maximum absolute atomic E-state index is 12.4. The number of ether oxygens (including phenoxy) is 1. The highest BCUT2D eigenvalue weighted by Crippen LogP contribution is 2.20. The highest BCUT2D eigenvalue weighted by Gasteiger charge is 2.15. The van der Waals surface area contributed by atoms with E-state index in [-0.39, 0.29) is 5.91 Å². The van der Waals surface area contributed by atoms with E-state index in [9.17, 15) is 9.59 Å². The van der Waals surface area contributed by atoms with Crippen molar-refractivity contribution >= 4 is 34.5 Å². The highest BCUT2D eigenvalue weighted by molar-refractivity contribution is 6.31. The first-order chi connectivity index (χ1) is 16.6. The average Bonchev–Trinajstić information content (AvgIpc) is 3.21. The van der Waals surface area contributed by atoms with E-state index in [4.69, 9.17) is 16.3 Å². The van der Waals surface area contributed by atoms with E-state index in [0.717, 1.165) is 42.4 Å². The van der Waals surface area contributed by atoms with Crippen LogP contribution in [-0.2, 0) is 17.7 Å². The summed E-state index contributed by atoms with van der Waals surface area (Å²) in [7, 11) is 2.06. The molecule has 7 nitrogen and oxygen atoms in total. The van der Waals surface area contributed by atoms with Gasteiger partial charge in [0.2, 0.25) is 0 Å². The molecule has 0 fully saturated rings. The van der Waals surface area contributed by atoms with E-state index in [2.05, 4.69) is 39.7 Å². The molecule has 0 saturated heterocycles. The van der Waals surface area contributed by atoms with Crippen LogP contribution < -0.4 is 10.6 Å². The van der Waals surface area contributed by atoms with Gasteiger partial charge in [0, 0.05) is 35.6 Å². The van der Waals surface area contributed by atoms with Gasteiger partial charge in [0.25, 0.3) is 5.91 Å². The smallest absolute Gasteiger partial charge is 0.407 e. The van der Waals surface area contributed by atoms with Crippen LogP contribution >= 0.6 is 11.6 Å². The zero-order valence-electron chi connectivity index (χ0n) is 20.9. The second kappa shape index (κ2) is 12.1. The number of carbonyl (C=O) groups excluding carboxylic acids is 2. The minimum Gasteiger partial charge on any atom is -0.444 e. The highest BCUT2D eigenvalue weighted by atomic mass is 35.5. The molecule has 3 N–H and O–H groups in total. The Morgan fingerprint density at radius 1 is 1.00 bits per heavy atom. The number of benzene rings is 2. The van der Waals surface area contributed by atoms with Gasteiger partial charge in [-0.25, -0.2) is 4.79 Å². The van der Waals surface area contributed by atoms with Crippen LogP contribution in [0.4, 0.5) is 4.79 Å². The van der Waals surface area contributed by atoms with Crippen LogP contribution in [0.2, 0.25) is 5.02 Å². The fourth-order valence-corrected chi connectivity index (χ4v) is 3.84. The Hall–Kier alpha value is -3.03. The summed E-state index contributed by atoms with van der Waals surface area (Å²) in [5.41, 5.74) is 3.22. The van der Waals surface area contributed by atoms with Gasteiger partial charge in [-0.15, -0.1) is 0 Å². The lowest BCUT2D eigenvalue weighted by molar-refractivity contribution is 0.0523. The number of hydrogen-bond acceptors (Lipinski definition) is 4. The first kappa shape index (κ1) is 26.6. The van der Waals surface area contributed by atoms with Gasteiger partial charge in [0.1, 0.15) is 11.3 Å². The molecule has 0 unspecified atom stereocenters. The molecule has 1 heterocycles. The summed E-state index contributed by atoms with van der Waals surface area (Å²) >= 11 is 6.02. The second-order valence-corrected chi connectivity index (χ2v) is 10.2. The molecule has 0 aliphatic rings. The topological polar surface area (TPSA) is 86.5 Å². The maximum atomic E-state index is 12.4. The number of likely N-dealkylation sites (N-methyl/N-ethyl adjacent to an activating group) is 1. The molecule has 1 aromatic heterocycles. The quantitative estimate of drug-likeness (QED) is 0.361. The van der Waals surface area contributed by atoms with Crippen LogP contribution in [0.3, 0.4) is 0 Å². The molecule has 0 aliphatic heterocycles. The van der Waals surface area contributed by atoms with E-state index >= 15 is 0 Å². The molecule has 0 saturated carbocycles. The largest absolute Gasteiger partial charge is 0.444 e. The summed E-state index contributed by atoms with van der Waals surface area (Å²) < 4.78 is 5.25. The summed E-state index contributed by atoms with van der Waals surface area (Å²) in [6, 6.07) is 15.6. The third-order valence-electron chi connectivity index (χ3n) is 5.47. The number of H-pyrrole nitrogens is 1. The Balaban J connectivity index is 1.32. The van der Waals surface area contributed by atoms with Gasteiger partial charge in [0.05, 0.1) is 0 Å². The monoisotopic (exact) mass is 498 g/mol. The molecule has 8 heteroatoms. The maximum Gasteiger partial charge on any atom is 0.407 e. The third-order valence-corrected chi connectivity index (χ3v) is 5.71. The Bertz CT molecular complexity index is 1140. The van der Waals surface area contributed by atoms with Gasteiger partial charge >= 0.3 is 6.09 Å². The van der Waals surface area contributed by atoms with E-state index in [1.54, 1.807) is 6.07 Å². The molecule has 35 heavy (non-hydrogen) atoms. The average molecular weight is 499 g/mol. The van der Waals surface area contributed by atoms with Crippen molar-refractivity contribution < 1.29 is 14.3 Å². The van der Waals surface area contributed by atoms with Gasteiger partial charge in [0.15, 0.2) is 0 Å². The molecular formula is C27H35ClN4O3. The van der Waals surface area contributed by atoms with Crippen molar-refractivity contribution in [3.8, 4) is 0 Å². The van der Waals surface area contributed by atoms with Crippen molar-refractivity contribution in [3.63, 3.8) is 0 Å². The minimum absolute atomic E-state index is 0.119. The van der Waals surface area contributed by atoms with Gasteiger partial charge in [-0.05, 0) is 82.6 Å². The number of aromatic amines is 1. The van der Waals surface area contributed by atoms with Crippen LogP contribution in [0.15, 0.2) is 48.5 Å². The predicted octanol–water partition coefficient (Wildman–Crippen LogP) is 5.14. The number of fused-ring (bicyclic) bond motifs is 1. The fourth-order valence-electron chi connectivity index (χ4n) is 3.66. The molecule has 3 aromatic rings. The van der Waals surface area contributed by atoms with Crippen molar-refractivity contribution in [2.75, 3.05) is 26.7 Å². The molecule has 0 aliphatic carbocycles. The van der Waals surface area contributed by atoms with E-state index in [0.29, 0.717) is 23.8 Å². The van der Waals surface area contributed by atoms with E-state index in [1.165, 1.54) is 5.56 Å². The van der Waals surface area contributed by atoms with Crippen molar-refractivity contribution in [3.05, 3.63) is 70.4 Å². The van der Waals surface area contributed by atoms with Crippen LogP contribution in [0, 0.1) is 0 Å². The first-order valence-electron chi connectivity index (χ1n) is 11.9. The van der Waals surface area contributed by atoms with E-state index in [1.807, 2.05) is 51.1 Å². The number of hydrogen-bond donors (Lipinski definition) is 3. The summed E-state index contributed by atoms with van der Waals surface area (Å²) in [6.45, 7) is 8.25. The predicted molar refractivity (Wildman–Crippen MR) is 141 cm³/mol. The standard InChI is InChI=1S/C27H35ClN4O3/c1-27(2,3)35-26(34)30-18-20-9-7-19(8-10-20)6-5-14-32(4)15-13-29-25(33)24-17-21-16-22(28)11-12-23(21)31-24/h7-12,16-17,31H,5-6,13-15,18H2,1-4H3,(H,29,33)(H,30,34). The summed E-state index contributed by atoms with van der Waals surface area (Å²) in [4.78, 5) is 29.5. The number of aryl methyl sites for hydroxylation is 1. The molecule has 3 rings (SSSR count). The summed E-state index contributed by atoms with van der Waals surface area (Å²) in [6.07, 6.45) is 1.57. The Labute approximate surface area is 212 Å². The second-order valence-electron chi connectivity index (χ2n) is 9.75. The van der Waals surface area contributed by atoms with Crippen molar-refractivity contribution in [2.24, 2.45) is 0 Å². The Morgan fingerprint density at radius 3 is 2.43 bits per heavy atom. The van der Waals surface area contributed by atoms with Crippen LogP contribution in [0.5, 0.6) is 0 Å².